The molecule has 1 heterocycles. The molecule has 2 unspecified atom stereocenters. The molecule has 1 saturated heterocycles. The first-order valence-electron chi connectivity index (χ1n) is 11.1. The van der Waals surface area contributed by atoms with Gasteiger partial charge in [0.2, 0.25) is 0 Å². The number of hydrogen-bond donors (Lipinski definition) is 1. The normalized spacial score (nSPS) is 16.8. The Bertz CT molecular complexity index is 1080. The van der Waals surface area contributed by atoms with Crippen molar-refractivity contribution in [1.82, 2.24) is 4.90 Å². The molecule has 0 aliphatic carbocycles. The molecule has 1 fully saturated rings. The van der Waals surface area contributed by atoms with Crippen molar-refractivity contribution in [1.29, 1.82) is 0 Å². The number of para-hydroxylation sites is 1. The summed E-state index contributed by atoms with van der Waals surface area (Å²) < 4.78 is 17.3. The van der Waals surface area contributed by atoms with Crippen LogP contribution in [0.15, 0.2) is 72.8 Å². The number of carbonyl (C=O) groups is 1. The average Bonchev–Trinajstić information content (AvgIpc) is 3.34. The highest BCUT2D eigenvalue weighted by Gasteiger charge is 2.38. The quantitative estimate of drug-likeness (QED) is 0.502. The molecule has 172 valence electrons. The molecule has 0 amide bonds. The van der Waals surface area contributed by atoms with Gasteiger partial charge in [-0.3, -0.25) is 9.69 Å². The molecule has 0 saturated carbocycles. The Morgan fingerprint density at radius 2 is 1.70 bits per heavy atom. The summed E-state index contributed by atoms with van der Waals surface area (Å²) in [7, 11) is 3.25. The summed E-state index contributed by atoms with van der Waals surface area (Å²) in [6.45, 7) is 1.12. The van der Waals surface area contributed by atoms with E-state index in [4.69, 9.17) is 14.2 Å². The summed E-state index contributed by atoms with van der Waals surface area (Å²) in [5.74, 6) is 1.17. The van der Waals surface area contributed by atoms with Crippen LogP contribution < -0.4 is 14.2 Å². The van der Waals surface area contributed by atoms with Crippen LogP contribution in [0.3, 0.4) is 0 Å². The number of hydrogen-bond acceptors (Lipinski definition) is 5. The second kappa shape index (κ2) is 10.4. The molecule has 4 rings (SSSR count). The molecule has 1 aliphatic rings. The fourth-order valence-electron chi connectivity index (χ4n) is 4.51. The average molecular weight is 448 g/mol. The minimum atomic E-state index is -0.804. The number of benzene rings is 3. The Labute approximate surface area is 194 Å². The monoisotopic (exact) mass is 447 g/mol. The van der Waals surface area contributed by atoms with E-state index in [-0.39, 0.29) is 6.04 Å². The molecule has 1 N–H and O–H groups in total. The molecular formula is C27H29NO5. The van der Waals surface area contributed by atoms with E-state index >= 15 is 0 Å². The minimum Gasteiger partial charge on any atom is -0.496 e. The predicted octanol–water partition coefficient (Wildman–Crippen LogP) is 4.92. The first kappa shape index (κ1) is 22.7. The number of methoxy groups -OCH3 is 2. The Kier molecular flexibility index (Phi) is 7.15. The van der Waals surface area contributed by atoms with Crippen LogP contribution in [0.4, 0.5) is 0 Å². The van der Waals surface area contributed by atoms with Crippen molar-refractivity contribution < 1.29 is 24.1 Å². The van der Waals surface area contributed by atoms with Gasteiger partial charge in [-0.1, -0.05) is 54.6 Å². The Morgan fingerprint density at radius 3 is 2.42 bits per heavy atom. The van der Waals surface area contributed by atoms with E-state index in [0.717, 1.165) is 28.9 Å². The van der Waals surface area contributed by atoms with Gasteiger partial charge in [-0.2, -0.15) is 0 Å². The standard InChI is InChI=1S/C27H29NO5/c1-31-23-13-7-6-11-21(23)26(28-16-8-12-22(28)27(29)30)20-14-15-24(25(17-20)32-2)33-18-19-9-4-3-5-10-19/h3-7,9-11,13-15,17,22,26H,8,12,16,18H2,1-2H3,(H,29,30). The highest BCUT2D eigenvalue weighted by molar-refractivity contribution is 5.74. The number of nitrogens with zero attached hydrogens (tertiary/aromatic N) is 1. The lowest BCUT2D eigenvalue weighted by Gasteiger charge is -2.33. The van der Waals surface area contributed by atoms with Gasteiger partial charge >= 0.3 is 5.97 Å². The van der Waals surface area contributed by atoms with Crippen LogP contribution in [0, 0.1) is 0 Å². The van der Waals surface area contributed by atoms with Crippen LogP contribution in [0.25, 0.3) is 0 Å². The topological polar surface area (TPSA) is 68.2 Å². The maximum Gasteiger partial charge on any atom is 0.320 e. The minimum absolute atomic E-state index is 0.290. The second-order valence-electron chi connectivity index (χ2n) is 8.06. The van der Waals surface area contributed by atoms with Crippen molar-refractivity contribution in [3.05, 3.63) is 89.5 Å². The van der Waals surface area contributed by atoms with Gasteiger partial charge in [0.15, 0.2) is 11.5 Å². The van der Waals surface area contributed by atoms with E-state index in [1.807, 2.05) is 77.7 Å². The van der Waals surface area contributed by atoms with Gasteiger partial charge in [0, 0.05) is 12.1 Å². The Balaban J connectivity index is 1.71. The van der Waals surface area contributed by atoms with Crippen molar-refractivity contribution >= 4 is 5.97 Å². The van der Waals surface area contributed by atoms with Gasteiger partial charge in [-0.05, 0) is 42.2 Å². The zero-order valence-electron chi connectivity index (χ0n) is 18.9. The molecule has 2 atom stereocenters. The number of aliphatic carboxylic acids is 1. The summed E-state index contributed by atoms with van der Waals surface area (Å²) >= 11 is 0. The number of carboxylic acids is 1. The van der Waals surface area contributed by atoms with Gasteiger partial charge in [0.1, 0.15) is 18.4 Å². The van der Waals surface area contributed by atoms with Gasteiger partial charge in [0.05, 0.1) is 20.3 Å². The third-order valence-corrected chi connectivity index (χ3v) is 6.09. The van der Waals surface area contributed by atoms with E-state index in [9.17, 15) is 9.90 Å². The van der Waals surface area contributed by atoms with E-state index in [2.05, 4.69) is 0 Å². The smallest absolute Gasteiger partial charge is 0.320 e. The molecule has 0 spiro atoms. The first-order valence-corrected chi connectivity index (χ1v) is 11.1. The molecule has 1 aliphatic heterocycles. The molecule has 3 aromatic carbocycles. The van der Waals surface area contributed by atoms with Gasteiger partial charge in [-0.25, -0.2) is 0 Å². The first-order chi connectivity index (χ1) is 16.1. The third-order valence-electron chi connectivity index (χ3n) is 6.09. The summed E-state index contributed by atoms with van der Waals surface area (Å²) in [5.41, 5.74) is 2.92. The molecule has 3 aromatic rings. The largest absolute Gasteiger partial charge is 0.496 e. The number of rotatable bonds is 9. The summed E-state index contributed by atoms with van der Waals surface area (Å²) in [5, 5.41) is 9.86. The molecule has 0 radical (unpaired) electrons. The van der Waals surface area contributed by atoms with Crippen molar-refractivity contribution in [2.45, 2.75) is 31.5 Å². The van der Waals surface area contributed by atoms with E-state index < -0.39 is 12.0 Å². The van der Waals surface area contributed by atoms with Crippen LogP contribution in [0.1, 0.15) is 35.6 Å². The highest BCUT2D eigenvalue weighted by Crippen LogP contribution is 2.41. The molecule has 6 heteroatoms. The lowest BCUT2D eigenvalue weighted by atomic mass is 9.95. The molecule has 0 bridgehead atoms. The van der Waals surface area contributed by atoms with Crippen molar-refractivity contribution in [2.75, 3.05) is 20.8 Å². The van der Waals surface area contributed by atoms with E-state index in [0.29, 0.717) is 31.1 Å². The van der Waals surface area contributed by atoms with E-state index in [1.54, 1.807) is 14.2 Å². The van der Waals surface area contributed by atoms with Crippen LogP contribution in [0.5, 0.6) is 17.2 Å². The summed E-state index contributed by atoms with van der Waals surface area (Å²) in [6, 6.07) is 22.7. The fraction of sp³-hybridized carbons (Fsp3) is 0.296. The molecule has 6 nitrogen and oxygen atoms in total. The zero-order chi connectivity index (χ0) is 23.2. The highest BCUT2D eigenvalue weighted by atomic mass is 16.5. The van der Waals surface area contributed by atoms with Gasteiger partial charge in [-0.15, -0.1) is 0 Å². The van der Waals surface area contributed by atoms with Gasteiger partial charge < -0.3 is 19.3 Å². The summed E-state index contributed by atoms with van der Waals surface area (Å²) in [4.78, 5) is 14.1. The lowest BCUT2D eigenvalue weighted by molar-refractivity contribution is -0.142. The maximum atomic E-state index is 12.0. The molecular weight excluding hydrogens is 418 g/mol. The second-order valence-corrected chi connectivity index (χ2v) is 8.06. The van der Waals surface area contributed by atoms with Crippen LogP contribution in [0.2, 0.25) is 0 Å². The number of likely N-dealkylation sites (tertiary alicyclic amines) is 1. The zero-order valence-corrected chi connectivity index (χ0v) is 18.9. The molecule has 0 aromatic heterocycles. The lowest BCUT2D eigenvalue weighted by Crippen LogP contribution is -2.39. The maximum absolute atomic E-state index is 12.0. The number of carboxylic acid groups (broad SMARTS) is 1. The van der Waals surface area contributed by atoms with Crippen molar-refractivity contribution in [2.24, 2.45) is 0 Å². The predicted molar refractivity (Wildman–Crippen MR) is 126 cm³/mol. The summed E-state index contributed by atoms with van der Waals surface area (Å²) in [6.07, 6.45) is 1.45. The number of ether oxygens (including phenoxy) is 3. The van der Waals surface area contributed by atoms with Crippen LogP contribution >= 0.6 is 0 Å². The SMILES string of the molecule is COc1cc(C(c2ccccc2OC)N2CCCC2C(=O)O)ccc1OCc1ccccc1. The molecule has 33 heavy (non-hydrogen) atoms. The van der Waals surface area contributed by atoms with Crippen molar-refractivity contribution in [3.8, 4) is 17.2 Å². The Morgan fingerprint density at radius 1 is 0.970 bits per heavy atom. The Hall–Kier alpha value is -3.51. The van der Waals surface area contributed by atoms with Crippen LogP contribution in [-0.4, -0.2) is 42.8 Å². The van der Waals surface area contributed by atoms with Crippen LogP contribution in [-0.2, 0) is 11.4 Å². The van der Waals surface area contributed by atoms with Crippen molar-refractivity contribution in [3.63, 3.8) is 0 Å². The van der Waals surface area contributed by atoms with E-state index in [1.165, 1.54) is 0 Å². The van der Waals surface area contributed by atoms with Gasteiger partial charge in [0.25, 0.3) is 0 Å². The fourth-order valence-corrected chi connectivity index (χ4v) is 4.51. The third kappa shape index (κ3) is 4.96.